The molecule has 15 heavy (non-hydrogen) atoms. The molecule has 0 aliphatic carbocycles. The number of carbonyl (C=O) groups is 1. The van der Waals surface area contributed by atoms with Gasteiger partial charge in [-0.1, -0.05) is 0 Å². The molecule has 0 unspecified atom stereocenters. The van der Waals surface area contributed by atoms with Gasteiger partial charge >= 0.3 is 0 Å². The molecule has 0 radical (unpaired) electrons. The Balaban J connectivity index is 2.65. The summed E-state index contributed by atoms with van der Waals surface area (Å²) in [6.45, 7) is 2.44. The van der Waals surface area contributed by atoms with Crippen molar-refractivity contribution in [3.8, 4) is 0 Å². The van der Waals surface area contributed by atoms with Gasteiger partial charge in [0.1, 0.15) is 0 Å². The van der Waals surface area contributed by atoms with Crippen molar-refractivity contribution in [1.29, 1.82) is 0 Å². The van der Waals surface area contributed by atoms with Gasteiger partial charge in [0, 0.05) is 24.4 Å². The zero-order valence-electron chi connectivity index (χ0n) is 8.79. The molecule has 0 spiro atoms. The largest absolute Gasteiger partial charge is 0.399 e. The van der Waals surface area contributed by atoms with E-state index < -0.39 is 0 Å². The maximum Gasteiger partial charge on any atom is 0.251 e. The lowest BCUT2D eigenvalue weighted by molar-refractivity contribution is 0.0951. The highest BCUT2D eigenvalue weighted by atomic mass is 16.3. The molecule has 82 valence electrons. The Morgan fingerprint density at radius 1 is 1.47 bits per heavy atom. The predicted molar refractivity (Wildman–Crippen MR) is 59.6 cm³/mol. The highest BCUT2D eigenvalue weighted by Crippen LogP contribution is 2.10. The van der Waals surface area contributed by atoms with Crippen LogP contribution in [-0.4, -0.2) is 24.2 Å². The molecule has 1 rings (SSSR count). The molecule has 0 heterocycles. The fourth-order valence-corrected chi connectivity index (χ4v) is 1.33. The lowest BCUT2D eigenvalue weighted by atomic mass is 10.1. The van der Waals surface area contributed by atoms with Gasteiger partial charge in [-0.25, -0.2) is 0 Å². The molecule has 0 aromatic heterocycles. The van der Waals surface area contributed by atoms with Crippen LogP contribution in [0.25, 0.3) is 0 Å². The Labute approximate surface area is 89.1 Å². The molecule has 0 aliphatic rings. The summed E-state index contributed by atoms with van der Waals surface area (Å²) in [5, 5.41) is 11.3. The lowest BCUT2D eigenvalue weighted by Gasteiger charge is -2.06. The second-order valence-corrected chi connectivity index (χ2v) is 3.47. The molecule has 1 aromatic rings. The highest BCUT2D eigenvalue weighted by molar-refractivity contribution is 5.95. The van der Waals surface area contributed by atoms with Crippen LogP contribution in [0.1, 0.15) is 22.3 Å². The second kappa shape index (κ2) is 5.36. The third-order valence-corrected chi connectivity index (χ3v) is 1.98. The van der Waals surface area contributed by atoms with Gasteiger partial charge in [-0.3, -0.25) is 4.79 Å². The maximum atomic E-state index is 11.6. The molecule has 1 aromatic carbocycles. The Kier molecular flexibility index (Phi) is 4.12. The molecule has 4 N–H and O–H groups in total. The van der Waals surface area contributed by atoms with E-state index in [1.54, 1.807) is 12.1 Å². The number of hydrogen-bond donors (Lipinski definition) is 3. The SMILES string of the molecule is Cc1cc(N)cc(C(=O)NCCCO)c1. The summed E-state index contributed by atoms with van der Waals surface area (Å²) in [6.07, 6.45) is 0.563. The maximum absolute atomic E-state index is 11.6. The van der Waals surface area contributed by atoms with E-state index in [1.165, 1.54) is 0 Å². The van der Waals surface area contributed by atoms with Gasteiger partial charge in [-0.05, 0) is 37.1 Å². The molecule has 4 nitrogen and oxygen atoms in total. The number of nitrogens with one attached hydrogen (secondary N) is 1. The Bertz CT molecular complexity index is 330. The number of carbonyl (C=O) groups excluding carboxylic acids is 1. The Morgan fingerprint density at radius 2 is 2.20 bits per heavy atom. The van der Waals surface area contributed by atoms with Gasteiger partial charge in [0.25, 0.3) is 5.91 Å². The quantitative estimate of drug-likeness (QED) is 0.503. The van der Waals surface area contributed by atoms with Crippen molar-refractivity contribution < 1.29 is 9.90 Å². The molecule has 0 aliphatic heterocycles. The summed E-state index contributed by atoms with van der Waals surface area (Å²) in [6, 6.07) is 5.23. The third-order valence-electron chi connectivity index (χ3n) is 1.98. The van der Waals surface area contributed by atoms with Crippen molar-refractivity contribution in [2.45, 2.75) is 13.3 Å². The van der Waals surface area contributed by atoms with Gasteiger partial charge in [0.15, 0.2) is 0 Å². The summed E-state index contributed by atoms with van der Waals surface area (Å²) in [4.78, 5) is 11.6. The van der Waals surface area contributed by atoms with E-state index in [9.17, 15) is 4.79 Å². The Morgan fingerprint density at radius 3 is 2.80 bits per heavy atom. The average Bonchev–Trinajstić information content (AvgIpc) is 2.16. The van der Waals surface area contributed by atoms with Crippen molar-refractivity contribution in [3.05, 3.63) is 29.3 Å². The summed E-state index contributed by atoms with van der Waals surface area (Å²) in [5.74, 6) is -0.154. The van der Waals surface area contributed by atoms with Crippen molar-refractivity contribution in [1.82, 2.24) is 5.32 Å². The third kappa shape index (κ3) is 3.59. The normalized spacial score (nSPS) is 10.0. The first-order chi connectivity index (χ1) is 7.13. The van der Waals surface area contributed by atoms with Crippen LogP contribution in [0.2, 0.25) is 0 Å². The summed E-state index contributed by atoms with van der Waals surface area (Å²) < 4.78 is 0. The highest BCUT2D eigenvalue weighted by Gasteiger charge is 2.05. The topological polar surface area (TPSA) is 75.4 Å². The van der Waals surface area contributed by atoms with E-state index in [0.29, 0.717) is 24.2 Å². The number of nitrogens with two attached hydrogens (primary N) is 1. The van der Waals surface area contributed by atoms with Gasteiger partial charge in [-0.2, -0.15) is 0 Å². The number of aliphatic hydroxyl groups excluding tert-OH is 1. The van der Waals surface area contributed by atoms with Crippen LogP contribution in [0.15, 0.2) is 18.2 Å². The van der Waals surface area contributed by atoms with E-state index >= 15 is 0 Å². The molecule has 0 atom stereocenters. The zero-order chi connectivity index (χ0) is 11.3. The molecule has 0 saturated carbocycles. The minimum atomic E-state index is -0.154. The monoisotopic (exact) mass is 208 g/mol. The number of hydrogen-bond acceptors (Lipinski definition) is 3. The second-order valence-electron chi connectivity index (χ2n) is 3.47. The molecule has 0 bridgehead atoms. The van der Waals surface area contributed by atoms with Crippen molar-refractivity contribution in [2.24, 2.45) is 0 Å². The average molecular weight is 208 g/mol. The zero-order valence-corrected chi connectivity index (χ0v) is 8.79. The first kappa shape index (κ1) is 11.5. The van der Waals surface area contributed by atoms with Crippen LogP contribution < -0.4 is 11.1 Å². The van der Waals surface area contributed by atoms with Gasteiger partial charge in [0.05, 0.1) is 0 Å². The fraction of sp³-hybridized carbons (Fsp3) is 0.364. The number of benzene rings is 1. The smallest absolute Gasteiger partial charge is 0.251 e. The number of anilines is 1. The molecule has 0 saturated heterocycles. The summed E-state index contributed by atoms with van der Waals surface area (Å²) in [7, 11) is 0. The molecule has 1 amide bonds. The van der Waals surface area contributed by atoms with Crippen LogP contribution in [0.5, 0.6) is 0 Å². The van der Waals surface area contributed by atoms with E-state index in [0.717, 1.165) is 5.56 Å². The number of aryl methyl sites for hydroxylation is 1. The van der Waals surface area contributed by atoms with E-state index in [-0.39, 0.29) is 12.5 Å². The first-order valence-electron chi connectivity index (χ1n) is 4.89. The minimum Gasteiger partial charge on any atom is -0.399 e. The lowest BCUT2D eigenvalue weighted by Crippen LogP contribution is -2.25. The van der Waals surface area contributed by atoms with Crippen LogP contribution in [0, 0.1) is 6.92 Å². The van der Waals surface area contributed by atoms with E-state index in [4.69, 9.17) is 10.8 Å². The number of rotatable bonds is 4. The standard InChI is InChI=1S/C11H16N2O2/c1-8-5-9(7-10(12)6-8)11(15)13-3-2-4-14/h5-7,14H,2-4,12H2,1H3,(H,13,15). The Hall–Kier alpha value is -1.55. The first-order valence-corrected chi connectivity index (χ1v) is 4.89. The van der Waals surface area contributed by atoms with Crippen LogP contribution in [0.3, 0.4) is 0 Å². The summed E-state index contributed by atoms with van der Waals surface area (Å²) in [5.41, 5.74) is 7.74. The molecular weight excluding hydrogens is 192 g/mol. The van der Waals surface area contributed by atoms with Gasteiger partial charge in [-0.15, -0.1) is 0 Å². The molecular formula is C11H16N2O2. The molecule has 0 fully saturated rings. The van der Waals surface area contributed by atoms with E-state index in [1.807, 2.05) is 13.0 Å². The van der Waals surface area contributed by atoms with Crippen molar-refractivity contribution >= 4 is 11.6 Å². The number of amides is 1. The van der Waals surface area contributed by atoms with Gasteiger partial charge in [0.2, 0.25) is 0 Å². The minimum absolute atomic E-state index is 0.0796. The van der Waals surface area contributed by atoms with Crippen LogP contribution in [-0.2, 0) is 0 Å². The van der Waals surface area contributed by atoms with Crippen molar-refractivity contribution in [2.75, 3.05) is 18.9 Å². The fourth-order valence-electron chi connectivity index (χ4n) is 1.33. The predicted octanol–water partition coefficient (Wildman–Crippen LogP) is 0.689. The summed E-state index contributed by atoms with van der Waals surface area (Å²) >= 11 is 0. The number of nitrogen functional groups attached to an aromatic ring is 1. The van der Waals surface area contributed by atoms with Gasteiger partial charge < -0.3 is 16.2 Å². The van der Waals surface area contributed by atoms with E-state index in [2.05, 4.69) is 5.32 Å². The van der Waals surface area contributed by atoms with Crippen molar-refractivity contribution in [3.63, 3.8) is 0 Å². The number of aliphatic hydroxyl groups is 1. The van der Waals surface area contributed by atoms with Crippen LogP contribution in [0.4, 0.5) is 5.69 Å². The molecule has 4 heteroatoms. The van der Waals surface area contributed by atoms with Crippen LogP contribution >= 0.6 is 0 Å².